The number of carbonyl (C=O) groups excluding carboxylic acids is 1. The molecule has 3 rings (SSSR count). The van der Waals surface area contributed by atoms with Crippen LogP contribution in [0.15, 0.2) is 53.2 Å². The summed E-state index contributed by atoms with van der Waals surface area (Å²) in [5.74, 6) is 1.55. The van der Waals surface area contributed by atoms with Crippen LogP contribution < -0.4 is 9.47 Å². The first-order chi connectivity index (χ1) is 13.0. The highest BCUT2D eigenvalue weighted by Gasteiger charge is 2.24. The van der Waals surface area contributed by atoms with Crippen LogP contribution in [0.2, 0.25) is 0 Å². The van der Waals surface area contributed by atoms with Crippen LogP contribution in [0.4, 0.5) is 0 Å². The summed E-state index contributed by atoms with van der Waals surface area (Å²) in [7, 11) is 1.59. The Labute approximate surface area is 159 Å². The molecule has 0 N–H and O–H groups in total. The quantitative estimate of drug-likeness (QED) is 0.563. The summed E-state index contributed by atoms with van der Waals surface area (Å²) in [5, 5.41) is 0. The summed E-state index contributed by atoms with van der Waals surface area (Å²) < 4.78 is 16.5. The summed E-state index contributed by atoms with van der Waals surface area (Å²) in [4.78, 5) is 16.5. The van der Waals surface area contributed by atoms with Gasteiger partial charge in [0.2, 0.25) is 5.90 Å². The minimum atomic E-state index is -0.468. The zero-order chi connectivity index (χ0) is 19.4. The number of cyclic esters (lactones) is 1. The molecule has 0 aliphatic carbocycles. The number of nitrogens with zero attached hydrogens (tertiary/aromatic N) is 1. The standard InChI is InChI=1S/C22H23NO4/c1-14(2)13-26-19-10-7-16(12-20(19)25-4)11-18-22(24)27-21(23-18)17-8-5-15(3)6-9-17/h5-12,14H,13H2,1-4H3/b18-11-. The van der Waals surface area contributed by atoms with Gasteiger partial charge >= 0.3 is 5.97 Å². The van der Waals surface area contributed by atoms with Crippen LogP contribution in [0, 0.1) is 12.8 Å². The van der Waals surface area contributed by atoms with E-state index >= 15 is 0 Å². The van der Waals surface area contributed by atoms with Crippen molar-refractivity contribution in [2.45, 2.75) is 20.8 Å². The second-order valence-electron chi connectivity index (χ2n) is 6.82. The topological polar surface area (TPSA) is 57.1 Å². The predicted octanol–water partition coefficient (Wildman–Crippen LogP) is 4.38. The molecule has 0 unspecified atom stereocenters. The molecule has 0 amide bonds. The number of benzene rings is 2. The van der Waals surface area contributed by atoms with E-state index in [-0.39, 0.29) is 5.70 Å². The van der Waals surface area contributed by atoms with E-state index in [1.165, 1.54) is 0 Å². The van der Waals surface area contributed by atoms with Crippen LogP contribution >= 0.6 is 0 Å². The van der Waals surface area contributed by atoms with E-state index in [1.54, 1.807) is 13.2 Å². The third kappa shape index (κ3) is 4.56. The van der Waals surface area contributed by atoms with Gasteiger partial charge in [-0.1, -0.05) is 37.6 Å². The van der Waals surface area contributed by atoms with Gasteiger partial charge in [0.05, 0.1) is 13.7 Å². The second kappa shape index (κ2) is 8.08. The molecule has 1 heterocycles. The zero-order valence-electron chi connectivity index (χ0n) is 16.0. The minimum Gasteiger partial charge on any atom is -0.493 e. The van der Waals surface area contributed by atoms with Crippen LogP contribution in [0.25, 0.3) is 6.08 Å². The van der Waals surface area contributed by atoms with Crippen LogP contribution in [0.5, 0.6) is 11.5 Å². The van der Waals surface area contributed by atoms with Crippen molar-refractivity contribution in [1.29, 1.82) is 0 Å². The van der Waals surface area contributed by atoms with E-state index < -0.39 is 5.97 Å². The summed E-state index contributed by atoms with van der Waals surface area (Å²) in [6.07, 6.45) is 1.68. The Bertz CT molecular complexity index is 895. The number of hydrogen-bond acceptors (Lipinski definition) is 5. The van der Waals surface area contributed by atoms with Crippen molar-refractivity contribution in [1.82, 2.24) is 0 Å². The Hall–Kier alpha value is -3.08. The fraction of sp³-hybridized carbons (Fsp3) is 0.273. The van der Waals surface area contributed by atoms with Crippen molar-refractivity contribution in [3.8, 4) is 11.5 Å². The maximum atomic E-state index is 12.2. The second-order valence-corrected chi connectivity index (χ2v) is 6.82. The van der Waals surface area contributed by atoms with Crippen LogP contribution in [0.1, 0.15) is 30.5 Å². The van der Waals surface area contributed by atoms with Crippen LogP contribution in [-0.2, 0) is 9.53 Å². The minimum absolute atomic E-state index is 0.253. The van der Waals surface area contributed by atoms with Gasteiger partial charge in [-0.25, -0.2) is 9.79 Å². The Morgan fingerprint density at radius 3 is 2.52 bits per heavy atom. The number of aryl methyl sites for hydroxylation is 1. The molecule has 0 spiro atoms. The first kappa shape index (κ1) is 18.7. The van der Waals surface area contributed by atoms with Gasteiger partial charge in [-0.2, -0.15) is 0 Å². The van der Waals surface area contributed by atoms with Gasteiger partial charge in [-0.3, -0.25) is 0 Å². The van der Waals surface area contributed by atoms with Crippen LogP contribution in [0.3, 0.4) is 0 Å². The molecule has 0 saturated heterocycles. The van der Waals surface area contributed by atoms with Crippen molar-refractivity contribution >= 4 is 17.9 Å². The molecular weight excluding hydrogens is 342 g/mol. The summed E-state index contributed by atoms with van der Waals surface area (Å²) in [6, 6.07) is 13.2. The highest BCUT2D eigenvalue weighted by atomic mass is 16.6. The van der Waals surface area contributed by atoms with Crippen molar-refractivity contribution in [3.05, 3.63) is 64.9 Å². The monoisotopic (exact) mass is 365 g/mol. The molecule has 5 heteroatoms. The predicted molar refractivity (Wildman–Crippen MR) is 105 cm³/mol. The number of carbonyl (C=O) groups is 1. The molecule has 140 valence electrons. The molecule has 0 fully saturated rings. The van der Waals surface area contributed by atoms with E-state index in [1.807, 2.05) is 49.4 Å². The van der Waals surface area contributed by atoms with E-state index in [4.69, 9.17) is 14.2 Å². The average molecular weight is 365 g/mol. The van der Waals surface area contributed by atoms with Gasteiger partial charge in [-0.05, 0) is 48.7 Å². The van der Waals surface area contributed by atoms with Crippen molar-refractivity contribution < 1.29 is 19.0 Å². The number of rotatable bonds is 6. The number of esters is 1. The molecule has 0 radical (unpaired) electrons. The van der Waals surface area contributed by atoms with Crippen molar-refractivity contribution in [2.75, 3.05) is 13.7 Å². The van der Waals surface area contributed by atoms with E-state index in [9.17, 15) is 4.79 Å². The van der Waals surface area contributed by atoms with Gasteiger partial charge < -0.3 is 14.2 Å². The molecule has 27 heavy (non-hydrogen) atoms. The molecule has 1 aliphatic heterocycles. The summed E-state index contributed by atoms with van der Waals surface area (Å²) >= 11 is 0. The highest BCUT2D eigenvalue weighted by Crippen LogP contribution is 2.30. The lowest BCUT2D eigenvalue weighted by atomic mass is 10.1. The van der Waals surface area contributed by atoms with E-state index in [2.05, 4.69) is 18.8 Å². The molecule has 0 saturated carbocycles. The Morgan fingerprint density at radius 2 is 1.85 bits per heavy atom. The smallest absolute Gasteiger partial charge is 0.363 e. The lowest BCUT2D eigenvalue weighted by molar-refractivity contribution is -0.129. The van der Waals surface area contributed by atoms with E-state index in [0.29, 0.717) is 29.9 Å². The summed E-state index contributed by atoms with van der Waals surface area (Å²) in [6.45, 7) is 6.77. The Kier molecular flexibility index (Phi) is 5.60. The fourth-order valence-corrected chi connectivity index (χ4v) is 2.54. The first-order valence-corrected chi connectivity index (χ1v) is 8.86. The van der Waals surface area contributed by atoms with Crippen molar-refractivity contribution in [3.63, 3.8) is 0 Å². The number of methoxy groups -OCH3 is 1. The van der Waals surface area contributed by atoms with Gasteiger partial charge in [0.15, 0.2) is 17.2 Å². The molecular formula is C22H23NO4. The normalized spacial score (nSPS) is 15.1. The third-order valence-electron chi connectivity index (χ3n) is 3.98. The molecule has 0 aromatic heterocycles. The van der Waals surface area contributed by atoms with Gasteiger partial charge in [0, 0.05) is 5.56 Å². The Balaban J connectivity index is 1.85. The molecule has 1 aliphatic rings. The SMILES string of the molecule is COc1cc(/C=C2\N=C(c3ccc(C)cc3)OC2=O)ccc1OCC(C)C. The zero-order valence-corrected chi connectivity index (χ0v) is 16.0. The van der Waals surface area contributed by atoms with Crippen LogP contribution in [-0.4, -0.2) is 25.6 Å². The molecule has 2 aromatic rings. The first-order valence-electron chi connectivity index (χ1n) is 8.86. The van der Waals surface area contributed by atoms with Gasteiger partial charge in [0.25, 0.3) is 0 Å². The highest BCUT2D eigenvalue weighted by molar-refractivity contribution is 6.12. The number of aliphatic imine (C=N–C) groups is 1. The lowest BCUT2D eigenvalue weighted by Crippen LogP contribution is -2.05. The third-order valence-corrected chi connectivity index (χ3v) is 3.98. The number of ether oxygens (including phenoxy) is 3. The summed E-state index contributed by atoms with van der Waals surface area (Å²) in [5.41, 5.74) is 2.94. The lowest BCUT2D eigenvalue weighted by Gasteiger charge is -2.12. The maximum absolute atomic E-state index is 12.2. The largest absolute Gasteiger partial charge is 0.493 e. The molecule has 5 nitrogen and oxygen atoms in total. The fourth-order valence-electron chi connectivity index (χ4n) is 2.54. The van der Waals surface area contributed by atoms with Crippen molar-refractivity contribution in [2.24, 2.45) is 10.9 Å². The Morgan fingerprint density at radius 1 is 1.11 bits per heavy atom. The molecule has 0 atom stereocenters. The number of hydrogen-bond donors (Lipinski definition) is 0. The molecule has 2 aromatic carbocycles. The molecule has 0 bridgehead atoms. The maximum Gasteiger partial charge on any atom is 0.363 e. The average Bonchev–Trinajstić information content (AvgIpc) is 3.01. The van der Waals surface area contributed by atoms with Gasteiger partial charge in [-0.15, -0.1) is 0 Å². The van der Waals surface area contributed by atoms with Gasteiger partial charge in [0.1, 0.15) is 0 Å². The van der Waals surface area contributed by atoms with E-state index in [0.717, 1.165) is 16.7 Å².